The highest BCUT2D eigenvalue weighted by Gasteiger charge is 2.13. The predicted octanol–water partition coefficient (Wildman–Crippen LogP) is 3.03. The van der Waals surface area contributed by atoms with E-state index in [-0.39, 0.29) is 0 Å². The monoisotopic (exact) mass is 265 g/mol. The lowest BCUT2D eigenvalue weighted by molar-refractivity contribution is 0.294. The molecular formula is C13H16ClN3O. The van der Waals surface area contributed by atoms with Gasteiger partial charge >= 0.3 is 0 Å². The molecule has 0 unspecified atom stereocenters. The number of benzene rings is 1. The molecule has 0 saturated carbocycles. The molecule has 5 heteroatoms. The number of halogens is 1. The van der Waals surface area contributed by atoms with Crippen molar-refractivity contribution in [3.63, 3.8) is 0 Å². The third-order valence-corrected chi connectivity index (χ3v) is 3.23. The van der Waals surface area contributed by atoms with Crippen LogP contribution in [0.4, 0.5) is 5.69 Å². The summed E-state index contributed by atoms with van der Waals surface area (Å²) >= 11 is 6.20. The Labute approximate surface area is 111 Å². The van der Waals surface area contributed by atoms with E-state index in [1.807, 2.05) is 36.7 Å². The van der Waals surface area contributed by atoms with Crippen LogP contribution in [0, 0.1) is 6.92 Å². The second kappa shape index (κ2) is 5.31. The Morgan fingerprint density at radius 2 is 2.11 bits per heavy atom. The first-order valence-electron chi connectivity index (χ1n) is 5.82. The molecule has 18 heavy (non-hydrogen) atoms. The molecule has 2 rings (SSSR count). The van der Waals surface area contributed by atoms with Gasteiger partial charge in [0.1, 0.15) is 12.4 Å². The molecule has 1 aromatic carbocycles. The molecule has 0 fully saturated rings. The maximum absolute atomic E-state index is 6.20. The molecule has 1 heterocycles. The van der Waals surface area contributed by atoms with E-state index < -0.39 is 0 Å². The lowest BCUT2D eigenvalue weighted by Gasteiger charge is -2.10. The van der Waals surface area contributed by atoms with Crippen molar-refractivity contribution < 1.29 is 4.74 Å². The summed E-state index contributed by atoms with van der Waals surface area (Å²) in [5.41, 5.74) is 8.13. The van der Waals surface area contributed by atoms with Crippen molar-refractivity contribution >= 4 is 17.3 Å². The summed E-state index contributed by atoms with van der Waals surface area (Å²) in [6.45, 7) is 5.02. The van der Waals surface area contributed by atoms with Crippen LogP contribution >= 0.6 is 11.6 Å². The van der Waals surface area contributed by atoms with Crippen LogP contribution in [-0.4, -0.2) is 9.78 Å². The Balaban J connectivity index is 2.18. The van der Waals surface area contributed by atoms with Crippen molar-refractivity contribution in [3.05, 3.63) is 40.7 Å². The van der Waals surface area contributed by atoms with E-state index in [4.69, 9.17) is 22.1 Å². The average Bonchev–Trinajstić information content (AvgIpc) is 2.65. The second-order valence-corrected chi connectivity index (χ2v) is 4.37. The minimum atomic E-state index is 0.363. The summed E-state index contributed by atoms with van der Waals surface area (Å²) < 4.78 is 7.53. The Morgan fingerprint density at radius 3 is 2.78 bits per heavy atom. The first-order chi connectivity index (χ1) is 8.63. The third-order valence-electron chi connectivity index (χ3n) is 2.74. The van der Waals surface area contributed by atoms with Crippen LogP contribution in [-0.2, 0) is 13.2 Å². The van der Waals surface area contributed by atoms with Crippen LogP contribution in [0.1, 0.15) is 18.3 Å². The Bertz CT molecular complexity index is 551. The van der Waals surface area contributed by atoms with Gasteiger partial charge in [-0.1, -0.05) is 23.7 Å². The molecule has 4 nitrogen and oxygen atoms in total. The van der Waals surface area contributed by atoms with Crippen LogP contribution in [0.5, 0.6) is 5.75 Å². The van der Waals surface area contributed by atoms with Crippen molar-refractivity contribution in [2.75, 3.05) is 5.73 Å². The molecule has 96 valence electrons. The van der Waals surface area contributed by atoms with Crippen LogP contribution in [0.2, 0.25) is 5.02 Å². The summed E-state index contributed by atoms with van der Waals surface area (Å²) in [4.78, 5) is 0. The molecule has 0 aliphatic carbocycles. The standard InChI is InChI=1S/C13H16ClN3O/c1-3-17-11(13(14)9(2)16-17)8-18-12-7-5-4-6-10(12)15/h4-7H,3,8,15H2,1-2H3. The first kappa shape index (κ1) is 12.8. The van der Waals surface area contributed by atoms with Gasteiger partial charge < -0.3 is 10.5 Å². The average molecular weight is 266 g/mol. The maximum atomic E-state index is 6.20. The topological polar surface area (TPSA) is 53.1 Å². The number of ether oxygens (including phenoxy) is 1. The molecule has 0 atom stereocenters. The highest BCUT2D eigenvalue weighted by atomic mass is 35.5. The van der Waals surface area contributed by atoms with Crippen molar-refractivity contribution in [1.29, 1.82) is 0 Å². The number of rotatable bonds is 4. The predicted molar refractivity (Wildman–Crippen MR) is 72.8 cm³/mol. The molecule has 0 amide bonds. The highest BCUT2D eigenvalue weighted by Crippen LogP contribution is 2.25. The van der Waals surface area contributed by atoms with E-state index in [9.17, 15) is 0 Å². The quantitative estimate of drug-likeness (QED) is 0.865. The number of nitrogens with two attached hydrogens (primary N) is 1. The van der Waals surface area contributed by atoms with E-state index in [0.29, 0.717) is 23.1 Å². The van der Waals surface area contributed by atoms with Gasteiger partial charge in [-0.3, -0.25) is 4.68 Å². The molecule has 2 aromatic rings. The van der Waals surface area contributed by atoms with Gasteiger partial charge in [0.05, 0.1) is 22.1 Å². The van der Waals surface area contributed by atoms with Gasteiger partial charge in [-0.25, -0.2) is 0 Å². The smallest absolute Gasteiger partial charge is 0.142 e. The zero-order chi connectivity index (χ0) is 13.1. The molecule has 0 spiro atoms. The third kappa shape index (κ3) is 2.43. The first-order valence-corrected chi connectivity index (χ1v) is 6.20. The van der Waals surface area contributed by atoms with Crippen LogP contribution in [0.3, 0.4) is 0 Å². The fourth-order valence-electron chi connectivity index (χ4n) is 1.76. The lowest BCUT2D eigenvalue weighted by atomic mass is 10.3. The van der Waals surface area contributed by atoms with Crippen LogP contribution < -0.4 is 10.5 Å². The van der Waals surface area contributed by atoms with Gasteiger partial charge in [0, 0.05) is 6.54 Å². The SMILES string of the molecule is CCn1nc(C)c(Cl)c1COc1ccccc1N. The zero-order valence-electron chi connectivity index (χ0n) is 10.5. The summed E-state index contributed by atoms with van der Waals surface area (Å²) in [7, 11) is 0. The summed E-state index contributed by atoms with van der Waals surface area (Å²) in [6, 6.07) is 7.40. The number of hydrogen-bond donors (Lipinski definition) is 1. The molecule has 1 aromatic heterocycles. The van der Waals surface area contributed by atoms with E-state index in [1.54, 1.807) is 6.07 Å². The van der Waals surface area contributed by atoms with E-state index >= 15 is 0 Å². The summed E-state index contributed by atoms with van der Waals surface area (Å²) in [5.74, 6) is 0.662. The van der Waals surface area contributed by atoms with Crippen molar-refractivity contribution in [3.8, 4) is 5.75 Å². The second-order valence-electron chi connectivity index (χ2n) is 3.99. The van der Waals surface area contributed by atoms with Gasteiger partial charge in [0.2, 0.25) is 0 Å². The Kier molecular flexibility index (Phi) is 3.77. The van der Waals surface area contributed by atoms with E-state index in [1.165, 1.54) is 0 Å². The number of nitrogens with zero attached hydrogens (tertiary/aromatic N) is 2. The fraction of sp³-hybridized carbons (Fsp3) is 0.308. The number of para-hydroxylation sites is 2. The van der Waals surface area contributed by atoms with Crippen molar-refractivity contribution in [2.24, 2.45) is 0 Å². The molecule has 0 aliphatic rings. The Morgan fingerprint density at radius 1 is 1.39 bits per heavy atom. The molecular weight excluding hydrogens is 250 g/mol. The largest absolute Gasteiger partial charge is 0.485 e. The van der Waals surface area contributed by atoms with Crippen molar-refractivity contribution in [2.45, 2.75) is 27.0 Å². The molecule has 2 N–H and O–H groups in total. The minimum absolute atomic E-state index is 0.363. The van der Waals surface area contributed by atoms with Crippen LogP contribution in [0.15, 0.2) is 24.3 Å². The van der Waals surface area contributed by atoms with E-state index in [0.717, 1.165) is 17.9 Å². The lowest BCUT2D eigenvalue weighted by Crippen LogP contribution is -2.07. The molecule has 0 saturated heterocycles. The minimum Gasteiger partial charge on any atom is -0.485 e. The summed E-state index contributed by atoms with van der Waals surface area (Å²) in [5, 5.41) is 5.00. The molecule has 0 bridgehead atoms. The Hall–Kier alpha value is -1.68. The van der Waals surface area contributed by atoms with Gasteiger partial charge in [-0.05, 0) is 26.0 Å². The number of nitrogen functional groups attached to an aromatic ring is 1. The number of aryl methyl sites for hydroxylation is 2. The highest BCUT2D eigenvalue weighted by molar-refractivity contribution is 6.31. The number of anilines is 1. The maximum Gasteiger partial charge on any atom is 0.142 e. The van der Waals surface area contributed by atoms with Gasteiger partial charge in [0.25, 0.3) is 0 Å². The number of hydrogen-bond acceptors (Lipinski definition) is 3. The zero-order valence-corrected chi connectivity index (χ0v) is 11.2. The summed E-state index contributed by atoms with van der Waals surface area (Å²) in [6.07, 6.45) is 0. The normalized spacial score (nSPS) is 10.6. The molecule has 0 aliphatic heterocycles. The van der Waals surface area contributed by atoms with Crippen LogP contribution in [0.25, 0.3) is 0 Å². The van der Waals surface area contributed by atoms with Gasteiger partial charge in [0.15, 0.2) is 0 Å². The van der Waals surface area contributed by atoms with Gasteiger partial charge in [-0.2, -0.15) is 5.10 Å². The number of aromatic nitrogens is 2. The molecule has 0 radical (unpaired) electrons. The van der Waals surface area contributed by atoms with Crippen molar-refractivity contribution in [1.82, 2.24) is 9.78 Å². The van der Waals surface area contributed by atoms with E-state index in [2.05, 4.69) is 5.10 Å². The fourth-order valence-corrected chi connectivity index (χ4v) is 1.95. The van der Waals surface area contributed by atoms with Gasteiger partial charge in [-0.15, -0.1) is 0 Å².